The van der Waals surface area contributed by atoms with E-state index < -0.39 is 0 Å². The van der Waals surface area contributed by atoms with Gasteiger partial charge in [-0.3, -0.25) is 0 Å². The van der Waals surface area contributed by atoms with Gasteiger partial charge in [-0.25, -0.2) is 0 Å². The van der Waals surface area contributed by atoms with Crippen molar-refractivity contribution in [1.82, 2.24) is 5.32 Å². The maximum Gasteiger partial charge on any atom is -0.00462 e. The van der Waals surface area contributed by atoms with Crippen molar-refractivity contribution in [3.8, 4) is 0 Å². The molecule has 1 nitrogen and oxygen atoms in total. The van der Waals surface area contributed by atoms with Gasteiger partial charge in [-0.1, -0.05) is 19.3 Å². The normalized spacial score (nSPS) is 40.8. The van der Waals surface area contributed by atoms with Crippen LogP contribution < -0.4 is 5.32 Å². The van der Waals surface area contributed by atoms with E-state index in [0.717, 1.165) is 11.8 Å². The highest BCUT2D eigenvalue weighted by Crippen LogP contribution is 2.36. The van der Waals surface area contributed by atoms with E-state index in [4.69, 9.17) is 0 Å². The Morgan fingerprint density at radius 3 is 2.00 bits per heavy atom. The molecule has 10 heavy (non-hydrogen) atoms. The van der Waals surface area contributed by atoms with Crippen LogP contribution in [0.3, 0.4) is 0 Å². The fourth-order valence-corrected chi connectivity index (χ4v) is 2.57. The lowest BCUT2D eigenvalue weighted by atomic mass is 9.92. The summed E-state index contributed by atoms with van der Waals surface area (Å²) >= 11 is 0. The summed E-state index contributed by atoms with van der Waals surface area (Å²) in [6.07, 6.45) is 7.45. The minimum atomic E-state index is 1.09. The molecule has 0 amide bonds. The SMILES string of the molecule is C1C[C@@H]2CCNCC[C@@H]2C1. The fourth-order valence-electron chi connectivity index (χ4n) is 2.57. The minimum absolute atomic E-state index is 1.09. The maximum absolute atomic E-state index is 3.48. The fraction of sp³-hybridized carbons (Fsp3) is 1.00. The van der Waals surface area contributed by atoms with Gasteiger partial charge in [-0.05, 0) is 37.8 Å². The molecular formula is C9H17N. The largest absolute Gasteiger partial charge is 0.317 e. The van der Waals surface area contributed by atoms with Crippen LogP contribution in [0.25, 0.3) is 0 Å². The van der Waals surface area contributed by atoms with Crippen LogP contribution in [0.2, 0.25) is 0 Å². The van der Waals surface area contributed by atoms with Crippen molar-refractivity contribution in [3.63, 3.8) is 0 Å². The summed E-state index contributed by atoms with van der Waals surface area (Å²) in [5.74, 6) is 2.19. The molecule has 1 heteroatoms. The molecule has 0 radical (unpaired) electrons. The zero-order chi connectivity index (χ0) is 6.81. The smallest absolute Gasteiger partial charge is 0.00462 e. The molecule has 2 rings (SSSR count). The Balaban J connectivity index is 1.95. The molecule has 1 N–H and O–H groups in total. The van der Waals surface area contributed by atoms with Gasteiger partial charge in [0.1, 0.15) is 0 Å². The minimum Gasteiger partial charge on any atom is -0.317 e. The molecule has 0 bridgehead atoms. The Bertz CT molecular complexity index is 99.3. The lowest BCUT2D eigenvalue weighted by molar-refractivity contribution is 0.378. The predicted molar refractivity (Wildman–Crippen MR) is 42.9 cm³/mol. The highest BCUT2D eigenvalue weighted by atomic mass is 14.9. The Kier molecular flexibility index (Phi) is 1.94. The van der Waals surface area contributed by atoms with E-state index in [1.54, 1.807) is 0 Å². The van der Waals surface area contributed by atoms with E-state index in [9.17, 15) is 0 Å². The van der Waals surface area contributed by atoms with Crippen molar-refractivity contribution < 1.29 is 0 Å². The molecule has 1 aliphatic carbocycles. The number of hydrogen-bond donors (Lipinski definition) is 1. The van der Waals surface area contributed by atoms with Gasteiger partial charge in [-0.2, -0.15) is 0 Å². The molecule has 1 saturated heterocycles. The molecule has 1 heterocycles. The van der Waals surface area contributed by atoms with E-state index in [1.807, 2.05) is 0 Å². The van der Waals surface area contributed by atoms with E-state index in [-0.39, 0.29) is 0 Å². The van der Waals surface area contributed by atoms with Crippen molar-refractivity contribution in [2.24, 2.45) is 11.8 Å². The van der Waals surface area contributed by atoms with Gasteiger partial charge in [0, 0.05) is 0 Å². The van der Waals surface area contributed by atoms with Gasteiger partial charge in [0.15, 0.2) is 0 Å². The lowest BCUT2D eigenvalue weighted by Crippen LogP contribution is -2.14. The number of nitrogens with one attached hydrogen (secondary N) is 1. The van der Waals surface area contributed by atoms with Crippen molar-refractivity contribution in [2.45, 2.75) is 32.1 Å². The molecule has 2 aliphatic rings. The third-order valence-corrected chi connectivity index (χ3v) is 3.20. The van der Waals surface area contributed by atoms with Crippen LogP contribution in [0.1, 0.15) is 32.1 Å². The summed E-state index contributed by atoms with van der Waals surface area (Å²) in [6, 6.07) is 0. The van der Waals surface area contributed by atoms with Crippen molar-refractivity contribution >= 4 is 0 Å². The lowest BCUT2D eigenvalue weighted by Gasteiger charge is -2.13. The molecule has 2 fully saturated rings. The van der Waals surface area contributed by atoms with Gasteiger partial charge in [0.05, 0.1) is 0 Å². The second-order valence-electron chi connectivity index (χ2n) is 3.78. The highest BCUT2D eigenvalue weighted by Gasteiger charge is 2.27. The molecule has 0 aromatic carbocycles. The first-order valence-electron chi connectivity index (χ1n) is 4.67. The van der Waals surface area contributed by atoms with Crippen LogP contribution >= 0.6 is 0 Å². The van der Waals surface area contributed by atoms with Gasteiger partial charge in [0.2, 0.25) is 0 Å². The van der Waals surface area contributed by atoms with Gasteiger partial charge < -0.3 is 5.32 Å². The van der Waals surface area contributed by atoms with E-state index in [2.05, 4.69) is 5.32 Å². The average molecular weight is 139 g/mol. The summed E-state index contributed by atoms with van der Waals surface area (Å²) in [5.41, 5.74) is 0. The summed E-state index contributed by atoms with van der Waals surface area (Å²) in [5, 5.41) is 3.48. The first-order valence-corrected chi connectivity index (χ1v) is 4.67. The van der Waals surface area contributed by atoms with Crippen LogP contribution in [0.4, 0.5) is 0 Å². The van der Waals surface area contributed by atoms with Crippen molar-refractivity contribution in [3.05, 3.63) is 0 Å². The molecule has 58 valence electrons. The predicted octanol–water partition coefficient (Wildman–Crippen LogP) is 1.79. The van der Waals surface area contributed by atoms with Crippen LogP contribution in [-0.2, 0) is 0 Å². The number of fused-ring (bicyclic) bond motifs is 1. The molecule has 0 aromatic heterocycles. The first-order chi connectivity index (χ1) is 4.97. The van der Waals surface area contributed by atoms with Crippen LogP contribution in [0.5, 0.6) is 0 Å². The molecule has 0 spiro atoms. The summed E-state index contributed by atoms with van der Waals surface area (Å²) in [4.78, 5) is 0. The van der Waals surface area contributed by atoms with Gasteiger partial charge in [0.25, 0.3) is 0 Å². The zero-order valence-electron chi connectivity index (χ0n) is 6.60. The van der Waals surface area contributed by atoms with E-state index in [1.165, 1.54) is 45.2 Å². The topological polar surface area (TPSA) is 12.0 Å². The second kappa shape index (κ2) is 2.91. The van der Waals surface area contributed by atoms with Gasteiger partial charge in [-0.15, -0.1) is 0 Å². The monoisotopic (exact) mass is 139 g/mol. The second-order valence-corrected chi connectivity index (χ2v) is 3.78. The Labute approximate surface area is 63.2 Å². The standard InChI is InChI=1S/C9H17N/c1-2-8-4-6-10-7-5-9(8)3-1/h8-10H,1-7H2/t8-,9+. The molecule has 0 aromatic rings. The van der Waals surface area contributed by atoms with Crippen molar-refractivity contribution in [2.75, 3.05) is 13.1 Å². The molecule has 0 unspecified atom stereocenters. The van der Waals surface area contributed by atoms with Crippen LogP contribution in [-0.4, -0.2) is 13.1 Å². The number of hydrogen-bond acceptors (Lipinski definition) is 1. The molecule has 1 aliphatic heterocycles. The third-order valence-electron chi connectivity index (χ3n) is 3.20. The molecule has 1 saturated carbocycles. The quantitative estimate of drug-likeness (QED) is 0.539. The summed E-state index contributed by atoms with van der Waals surface area (Å²) in [6.45, 7) is 2.56. The Morgan fingerprint density at radius 2 is 1.40 bits per heavy atom. The van der Waals surface area contributed by atoms with E-state index >= 15 is 0 Å². The zero-order valence-corrected chi connectivity index (χ0v) is 6.60. The third kappa shape index (κ3) is 1.20. The van der Waals surface area contributed by atoms with Crippen molar-refractivity contribution in [1.29, 1.82) is 0 Å². The number of rotatable bonds is 0. The Hall–Kier alpha value is -0.0400. The average Bonchev–Trinajstić information content (AvgIpc) is 2.28. The maximum atomic E-state index is 3.48. The van der Waals surface area contributed by atoms with Crippen LogP contribution in [0.15, 0.2) is 0 Å². The first kappa shape index (κ1) is 6.66. The molecule has 2 atom stereocenters. The Morgan fingerprint density at radius 1 is 0.800 bits per heavy atom. The summed E-state index contributed by atoms with van der Waals surface area (Å²) in [7, 11) is 0. The highest BCUT2D eigenvalue weighted by molar-refractivity contribution is 4.80. The molecular weight excluding hydrogens is 122 g/mol. The van der Waals surface area contributed by atoms with Gasteiger partial charge >= 0.3 is 0 Å². The van der Waals surface area contributed by atoms with Crippen LogP contribution in [0, 0.1) is 11.8 Å². The summed E-state index contributed by atoms with van der Waals surface area (Å²) < 4.78 is 0. The van der Waals surface area contributed by atoms with E-state index in [0.29, 0.717) is 0 Å².